The second kappa shape index (κ2) is 5.47. The molecule has 18 heavy (non-hydrogen) atoms. The third kappa shape index (κ3) is 3.68. The molecule has 5 heteroatoms. The van der Waals surface area contributed by atoms with Crippen LogP contribution in [0.2, 0.25) is 0 Å². The van der Waals surface area contributed by atoms with Gasteiger partial charge in [-0.15, -0.1) is 0 Å². The molecule has 2 saturated heterocycles. The minimum Gasteiger partial charge on any atom is -0.383 e. The predicted octanol–water partition coefficient (Wildman–Crippen LogP) is 1.22. The highest BCUT2D eigenvalue weighted by molar-refractivity contribution is 7.91. The molecular weight excluding hydrogens is 250 g/mol. The fourth-order valence-electron chi connectivity index (χ4n) is 3.41. The molecule has 0 aliphatic carbocycles. The van der Waals surface area contributed by atoms with Crippen molar-refractivity contribution in [2.24, 2.45) is 11.8 Å². The van der Waals surface area contributed by atoms with Crippen molar-refractivity contribution in [3.05, 3.63) is 0 Å². The van der Waals surface area contributed by atoms with Gasteiger partial charge in [-0.1, -0.05) is 0 Å². The highest BCUT2D eigenvalue weighted by Gasteiger charge is 2.36. The summed E-state index contributed by atoms with van der Waals surface area (Å²) in [5, 5.41) is 3.55. The molecule has 0 aromatic carbocycles. The van der Waals surface area contributed by atoms with Crippen molar-refractivity contribution >= 4 is 9.84 Å². The Morgan fingerprint density at radius 1 is 1.28 bits per heavy atom. The van der Waals surface area contributed by atoms with Gasteiger partial charge < -0.3 is 10.1 Å². The van der Waals surface area contributed by atoms with E-state index in [-0.39, 0.29) is 5.54 Å². The molecule has 0 aromatic rings. The molecule has 2 aliphatic rings. The molecule has 0 aromatic heterocycles. The summed E-state index contributed by atoms with van der Waals surface area (Å²) in [5.41, 5.74) is 0.111. The maximum atomic E-state index is 11.4. The van der Waals surface area contributed by atoms with Gasteiger partial charge in [-0.05, 0) is 51.0 Å². The smallest absolute Gasteiger partial charge is 0.150 e. The SMILES string of the molecule is COCC1(C)CC(CC2CCS(=O)(=O)CC2)CN1. The Morgan fingerprint density at radius 3 is 2.56 bits per heavy atom. The van der Waals surface area contributed by atoms with Crippen LogP contribution >= 0.6 is 0 Å². The maximum absolute atomic E-state index is 11.4. The first kappa shape index (κ1) is 14.3. The number of methoxy groups -OCH3 is 1. The van der Waals surface area contributed by atoms with Gasteiger partial charge in [0.25, 0.3) is 0 Å². The van der Waals surface area contributed by atoms with Crippen LogP contribution in [0, 0.1) is 11.8 Å². The van der Waals surface area contributed by atoms with Crippen LogP contribution in [-0.4, -0.2) is 45.7 Å². The van der Waals surface area contributed by atoms with Gasteiger partial charge in [0, 0.05) is 12.6 Å². The van der Waals surface area contributed by atoms with Gasteiger partial charge in [0.05, 0.1) is 18.1 Å². The van der Waals surface area contributed by atoms with E-state index in [9.17, 15) is 8.42 Å². The molecular formula is C13H25NO3S. The number of hydrogen-bond donors (Lipinski definition) is 1. The van der Waals surface area contributed by atoms with E-state index in [1.54, 1.807) is 7.11 Å². The molecule has 0 radical (unpaired) electrons. The van der Waals surface area contributed by atoms with Crippen LogP contribution in [-0.2, 0) is 14.6 Å². The highest BCUT2D eigenvalue weighted by atomic mass is 32.2. The van der Waals surface area contributed by atoms with E-state index in [1.807, 2.05) is 0 Å². The third-order valence-corrected chi connectivity index (χ3v) is 6.08. The second-order valence-corrected chi connectivity index (χ2v) is 8.58. The van der Waals surface area contributed by atoms with E-state index < -0.39 is 9.84 Å². The lowest BCUT2D eigenvalue weighted by atomic mass is 9.86. The Bertz CT molecular complexity index is 368. The summed E-state index contributed by atoms with van der Waals surface area (Å²) < 4.78 is 28.0. The van der Waals surface area contributed by atoms with Gasteiger partial charge in [0.2, 0.25) is 0 Å². The van der Waals surface area contributed by atoms with Crippen LogP contribution in [0.3, 0.4) is 0 Å². The van der Waals surface area contributed by atoms with Gasteiger partial charge in [0.1, 0.15) is 9.84 Å². The molecule has 2 rings (SSSR count). The van der Waals surface area contributed by atoms with E-state index in [2.05, 4.69) is 12.2 Å². The van der Waals surface area contributed by atoms with Gasteiger partial charge in [0.15, 0.2) is 0 Å². The van der Waals surface area contributed by atoms with E-state index in [0.717, 1.165) is 32.4 Å². The average Bonchev–Trinajstić information content (AvgIpc) is 2.64. The van der Waals surface area contributed by atoms with Gasteiger partial charge in [-0.25, -0.2) is 8.42 Å². The summed E-state index contributed by atoms with van der Waals surface area (Å²) in [5.74, 6) is 2.07. The van der Waals surface area contributed by atoms with Gasteiger partial charge >= 0.3 is 0 Å². The molecule has 0 amide bonds. The van der Waals surface area contributed by atoms with Crippen LogP contribution in [0.25, 0.3) is 0 Å². The minimum absolute atomic E-state index is 0.111. The van der Waals surface area contributed by atoms with Crippen LogP contribution in [0.5, 0.6) is 0 Å². The molecule has 4 nitrogen and oxygen atoms in total. The molecule has 0 bridgehead atoms. The number of sulfone groups is 1. The van der Waals surface area contributed by atoms with Crippen molar-refractivity contribution in [1.29, 1.82) is 0 Å². The predicted molar refractivity (Wildman–Crippen MR) is 72.4 cm³/mol. The largest absolute Gasteiger partial charge is 0.383 e. The fourth-order valence-corrected chi connectivity index (χ4v) is 5.00. The number of ether oxygens (including phenoxy) is 1. The van der Waals surface area contributed by atoms with Crippen molar-refractivity contribution in [3.8, 4) is 0 Å². The van der Waals surface area contributed by atoms with Crippen molar-refractivity contribution in [3.63, 3.8) is 0 Å². The second-order valence-electron chi connectivity index (χ2n) is 6.28. The first-order valence-electron chi connectivity index (χ1n) is 6.87. The van der Waals surface area contributed by atoms with E-state index in [0.29, 0.717) is 23.3 Å². The van der Waals surface area contributed by atoms with Gasteiger partial charge in [-0.3, -0.25) is 0 Å². The molecule has 2 fully saturated rings. The lowest BCUT2D eigenvalue weighted by Crippen LogP contribution is -2.40. The quantitative estimate of drug-likeness (QED) is 0.838. The summed E-state index contributed by atoms with van der Waals surface area (Å²) in [4.78, 5) is 0. The molecule has 2 heterocycles. The normalized spacial score (nSPS) is 36.9. The first-order valence-corrected chi connectivity index (χ1v) is 8.69. The summed E-state index contributed by atoms with van der Waals surface area (Å²) >= 11 is 0. The standard InChI is InChI=1S/C13H25NO3S/c1-13(10-17-2)8-12(9-14-13)7-11-3-5-18(15,16)6-4-11/h11-12,14H,3-10H2,1-2H3. The van der Waals surface area contributed by atoms with Crippen LogP contribution in [0.15, 0.2) is 0 Å². The zero-order valence-corrected chi connectivity index (χ0v) is 12.3. The van der Waals surface area contributed by atoms with Crippen LogP contribution in [0.4, 0.5) is 0 Å². The third-order valence-electron chi connectivity index (χ3n) is 4.36. The summed E-state index contributed by atoms with van der Waals surface area (Å²) in [6, 6.07) is 0. The van der Waals surface area contributed by atoms with E-state index in [1.165, 1.54) is 6.42 Å². The monoisotopic (exact) mass is 275 g/mol. The Labute approximate surface area is 110 Å². The summed E-state index contributed by atoms with van der Waals surface area (Å²) in [7, 11) is -0.974. The van der Waals surface area contributed by atoms with Crippen molar-refractivity contribution < 1.29 is 13.2 Å². The van der Waals surface area contributed by atoms with Crippen molar-refractivity contribution in [1.82, 2.24) is 5.32 Å². The fraction of sp³-hybridized carbons (Fsp3) is 1.00. The Morgan fingerprint density at radius 2 is 1.94 bits per heavy atom. The molecule has 0 saturated carbocycles. The van der Waals surface area contributed by atoms with E-state index >= 15 is 0 Å². The van der Waals surface area contributed by atoms with Crippen LogP contribution < -0.4 is 5.32 Å². The minimum atomic E-state index is -2.72. The Hall–Kier alpha value is -0.130. The molecule has 2 unspecified atom stereocenters. The summed E-state index contributed by atoms with van der Waals surface area (Å²) in [6.07, 6.45) is 4.03. The zero-order chi connectivity index (χ0) is 13.2. The van der Waals surface area contributed by atoms with Gasteiger partial charge in [-0.2, -0.15) is 0 Å². The van der Waals surface area contributed by atoms with Crippen molar-refractivity contribution in [2.75, 3.05) is 31.8 Å². The highest BCUT2D eigenvalue weighted by Crippen LogP contribution is 2.32. The van der Waals surface area contributed by atoms with Crippen LogP contribution in [0.1, 0.15) is 32.6 Å². The van der Waals surface area contributed by atoms with Crippen molar-refractivity contribution in [2.45, 2.75) is 38.1 Å². The lowest BCUT2D eigenvalue weighted by molar-refractivity contribution is 0.127. The van der Waals surface area contributed by atoms with E-state index in [4.69, 9.17) is 4.74 Å². The Kier molecular flexibility index (Phi) is 4.34. The Balaban J connectivity index is 1.79. The molecule has 2 atom stereocenters. The topological polar surface area (TPSA) is 55.4 Å². The lowest BCUT2D eigenvalue weighted by Gasteiger charge is -2.26. The number of hydrogen-bond acceptors (Lipinski definition) is 4. The maximum Gasteiger partial charge on any atom is 0.150 e. The molecule has 1 N–H and O–H groups in total. The zero-order valence-electron chi connectivity index (χ0n) is 11.4. The number of nitrogens with one attached hydrogen (secondary N) is 1. The average molecular weight is 275 g/mol. The molecule has 0 spiro atoms. The molecule has 2 aliphatic heterocycles. The summed E-state index contributed by atoms with van der Waals surface area (Å²) in [6.45, 7) is 4.01. The molecule has 106 valence electrons. The first-order chi connectivity index (χ1) is 8.42. The number of rotatable bonds is 4.